The van der Waals surface area contributed by atoms with Gasteiger partial charge in [0.1, 0.15) is 0 Å². The molecule has 0 saturated carbocycles. The SMILES string of the molecule is OCCC1=CN[C+]=N1. The van der Waals surface area contributed by atoms with E-state index >= 15 is 0 Å². The molecule has 0 aliphatic carbocycles. The summed E-state index contributed by atoms with van der Waals surface area (Å²) in [5.74, 6) is 0. The zero-order valence-corrected chi connectivity index (χ0v) is 4.39. The van der Waals surface area contributed by atoms with Crippen molar-refractivity contribution in [1.82, 2.24) is 5.32 Å². The molecule has 1 rings (SSSR count). The summed E-state index contributed by atoms with van der Waals surface area (Å²) in [4.78, 5) is 3.77. The van der Waals surface area contributed by atoms with Crippen molar-refractivity contribution in [3.05, 3.63) is 11.9 Å². The van der Waals surface area contributed by atoms with Crippen LogP contribution in [0, 0.1) is 0 Å². The minimum Gasteiger partial charge on any atom is -0.395 e. The molecule has 0 amide bonds. The van der Waals surface area contributed by atoms with Gasteiger partial charge in [-0.2, -0.15) is 5.32 Å². The van der Waals surface area contributed by atoms with Crippen molar-refractivity contribution in [2.75, 3.05) is 6.61 Å². The third kappa shape index (κ3) is 1.03. The minimum absolute atomic E-state index is 0.151. The van der Waals surface area contributed by atoms with Crippen LogP contribution < -0.4 is 5.32 Å². The summed E-state index contributed by atoms with van der Waals surface area (Å²) in [6.07, 6.45) is 4.86. The largest absolute Gasteiger partial charge is 0.395 e. The van der Waals surface area contributed by atoms with Gasteiger partial charge in [0.05, 0.1) is 13.0 Å². The average molecular weight is 111 g/mol. The third-order valence-corrected chi connectivity index (χ3v) is 0.871. The number of rotatable bonds is 2. The average Bonchev–Trinajstić information content (AvgIpc) is 2.19. The van der Waals surface area contributed by atoms with E-state index < -0.39 is 0 Å². The highest BCUT2D eigenvalue weighted by Gasteiger charge is 2.07. The molecule has 2 N–H and O–H groups in total. The van der Waals surface area contributed by atoms with E-state index in [0.29, 0.717) is 6.42 Å². The first-order valence-corrected chi connectivity index (χ1v) is 2.44. The molecule has 3 nitrogen and oxygen atoms in total. The molecule has 0 unspecified atom stereocenters. The van der Waals surface area contributed by atoms with E-state index in [2.05, 4.69) is 16.6 Å². The van der Waals surface area contributed by atoms with E-state index in [0.717, 1.165) is 5.70 Å². The van der Waals surface area contributed by atoms with Gasteiger partial charge in [0.2, 0.25) is 5.70 Å². The molecule has 0 aromatic heterocycles. The highest BCUT2D eigenvalue weighted by Crippen LogP contribution is 2.01. The predicted octanol–water partition coefficient (Wildman–Crippen LogP) is -0.281. The van der Waals surface area contributed by atoms with Crippen molar-refractivity contribution in [3.63, 3.8) is 0 Å². The zero-order valence-electron chi connectivity index (χ0n) is 4.39. The van der Waals surface area contributed by atoms with Crippen LogP contribution in [0.15, 0.2) is 16.9 Å². The summed E-state index contributed by atoms with van der Waals surface area (Å²) in [5.41, 5.74) is 0.854. The van der Waals surface area contributed by atoms with Gasteiger partial charge in [0, 0.05) is 0 Å². The van der Waals surface area contributed by atoms with Gasteiger partial charge < -0.3 is 5.11 Å². The molecule has 42 valence electrons. The Bertz CT molecular complexity index is 128. The molecule has 0 aromatic rings. The fourth-order valence-corrected chi connectivity index (χ4v) is 0.495. The summed E-state index contributed by atoms with van der Waals surface area (Å²) in [5, 5.41) is 11.0. The molecule has 0 bridgehead atoms. The second kappa shape index (κ2) is 2.40. The molecule has 0 saturated heterocycles. The summed E-state index contributed by atoms with van der Waals surface area (Å²) < 4.78 is 0. The fourth-order valence-electron chi connectivity index (χ4n) is 0.495. The molecule has 0 spiro atoms. The quantitative estimate of drug-likeness (QED) is 0.481. The van der Waals surface area contributed by atoms with Crippen molar-refractivity contribution < 1.29 is 5.11 Å². The molecule has 0 atom stereocenters. The van der Waals surface area contributed by atoms with Crippen LogP contribution >= 0.6 is 0 Å². The lowest BCUT2D eigenvalue weighted by Crippen LogP contribution is -1.92. The third-order valence-electron chi connectivity index (χ3n) is 0.871. The summed E-state index contributed by atoms with van der Waals surface area (Å²) in [6, 6.07) is 0. The number of hydrogen-bond acceptors (Lipinski definition) is 3. The number of aliphatic hydroxyl groups is 1. The maximum absolute atomic E-state index is 8.37. The Labute approximate surface area is 47.7 Å². The van der Waals surface area contributed by atoms with Crippen molar-refractivity contribution in [3.8, 4) is 0 Å². The number of hydrogen-bond donors (Lipinski definition) is 2. The van der Waals surface area contributed by atoms with Crippen LogP contribution in [0.2, 0.25) is 0 Å². The molecule has 0 radical (unpaired) electrons. The van der Waals surface area contributed by atoms with E-state index in [-0.39, 0.29) is 6.61 Å². The highest BCUT2D eigenvalue weighted by atomic mass is 16.3. The first-order valence-electron chi connectivity index (χ1n) is 2.44. The van der Waals surface area contributed by atoms with Crippen molar-refractivity contribution in [1.29, 1.82) is 0 Å². The lowest BCUT2D eigenvalue weighted by molar-refractivity contribution is 0.299. The molecule has 3 heteroatoms. The van der Waals surface area contributed by atoms with Gasteiger partial charge in [-0.3, -0.25) is 0 Å². The van der Waals surface area contributed by atoms with Crippen molar-refractivity contribution in [2.24, 2.45) is 4.99 Å². The molecule has 1 heterocycles. The van der Waals surface area contributed by atoms with Gasteiger partial charge in [-0.1, -0.05) is 0 Å². The summed E-state index contributed by atoms with van der Waals surface area (Å²) in [7, 11) is 0. The number of nitrogens with zero attached hydrogens (tertiary/aromatic N) is 1. The Balaban J connectivity index is 2.34. The van der Waals surface area contributed by atoms with Gasteiger partial charge in [-0.15, -0.1) is 0 Å². The Hall–Kier alpha value is -0.920. The van der Waals surface area contributed by atoms with E-state index in [1.54, 1.807) is 6.20 Å². The molecule has 1 aliphatic heterocycles. The molecule has 8 heavy (non-hydrogen) atoms. The van der Waals surface area contributed by atoms with E-state index in [1.807, 2.05) is 0 Å². The maximum Gasteiger partial charge on any atom is 0.253 e. The lowest BCUT2D eigenvalue weighted by Gasteiger charge is -1.78. The molecule has 1 aliphatic rings. The second-order valence-electron chi connectivity index (χ2n) is 1.48. The topological polar surface area (TPSA) is 44.6 Å². The van der Waals surface area contributed by atoms with Crippen LogP contribution in [0.3, 0.4) is 0 Å². The minimum atomic E-state index is 0.151. The van der Waals surface area contributed by atoms with Crippen LogP contribution in [0.1, 0.15) is 6.42 Å². The van der Waals surface area contributed by atoms with Gasteiger partial charge >= 0.3 is 0 Å². The number of nitrogens with one attached hydrogen (secondary N) is 1. The smallest absolute Gasteiger partial charge is 0.253 e. The predicted molar refractivity (Wildman–Crippen MR) is 30.4 cm³/mol. The van der Waals surface area contributed by atoms with Gasteiger partial charge in [-0.25, -0.2) is 0 Å². The van der Waals surface area contributed by atoms with E-state index in [4.69, 9.17) is 5.11 Å². The molecular formula is C5H7N2O+. The molecule has 0 aromatic carbocycles. The molecular weight excluding hydrogens is 104 g/mol. The standard InChI is InChI=1S/C5H7N2O/c8-2-1-5-3-6-4-7-5/h3,8H,1-2H2,(H,6,7)/q+1. The van der Waals surface area contributed by atoms with Gasteiger partial charge in [0.15, 0.2) is 6.20 Å². The fraction of sp³-hybridized carbons (Fsp3) is 0.400. The highest BCUT2D eigenvalue weighted by molar-refractivity contribution is 5.61. The van der Waals surface area contributed by atoms with E-state index in [9.17, 15) is 0 Å². The van der Waals surface area contributed by atoms with Crippen molar-refractivity contribution in [2.45, 2.75) is 6.42 Å². The normalized spacial score (nSPS) is 14.9. The van der Waals surface area contributed by atoms with E-state index in [1.165, 1.54) is 0 Å². The first-order chi connectivity index (χ1) is 3.93. The monoisotopic (exact) mass is 111 g/mol. The van der Waals surface area contributed by atoms with Gasteiger partial charge in [0.25, 0.3) is 6.34 Å². The zero-order chi connectivity index (χ0) is 5.82. The summed E-state index contributed by atoms with van der Waals surface area (Å²) >= 11 is 0. The number of aliphatic imine (C=N–C) groups is 1. The van der Waals surface area contributed by atoms with Crippen LogP contribution in [-0.4, -0.2) is 18.1 Å². The molecule has 0 fully saturated rings. The Morgan fingerprint density at radius 2 is 2.75 bits per heavy atom. The Kier molecular flexibility index (Phi) is 1.57. The van der Waals surface area contributed by atoms with Crippen LogP contribution in [0.4, 0.5) is 0 Å². The maximum atomic E-state index is 8.37. The van der Waals surface area contributed by atoms with Crippen LogP contribution in [0.5, 0.6) is 0 Å². The van der Waals surface area contributed by atoms with Gasteiger partial charge in [-0.05, 0) is 4.99 Å². The van der Waals surface area contributed by atoms with Crippen LogP contribution in [0.25, 0.3) is 0 Å². The number of aliphatic hydroxyl groups excluding tert-OH is 1. The lowest BCUT2D eigenvalue weighted by atomic mass is 10.4. The van der Waals surface area contributed by atoms with Crippen molar-refractivity contribution >= 4 is 6.34 Å². The summed E-state index contributed by atoms with van der Waals surface area (Å²) in [6.45, 7) is 0.151. The van der Waals surface area contributed by atoms with Crippen LogP contribution in [-0.2, 0) is 0 Å². The Morgan fingerprint density at radius 3 is 3.25 bits per heavy atom. The second-order valence-corrected chi connectivity index (χ2v) is 1.48. The Morgan fingerprint density at radius 1 is 1.88 bits per heavy atom. The first kappa shape index (κ1) is 5.22.